The molecule has 4 rings (SSSR count). The summed E-state index contributed by atoms with van der Waals surface area (Å²) in [7, 11) is 0. The number of rotatable bonds is 3. The Hall–Kier alpha value is -2.47. The number of pyridine rings is 1. The third-order valence-electron chi connectivity index (χ3n) is 5.29. The molecule has 1 saturated carbocycles. The standard InChI is InChI=1S/C21H26N5O.ClH/c1-14-13-15(2)25-20(24-17-9-5-4-6-10-17)19(18-11-7-8-12-22-18)26(16(3)27)21(25)23-14;/h7-8,11-13,17,24H,4-6,9-10H2,1-3H3;1H/q+1;/p-1. The molecule has 0 aliphatic heterocycles. The van der Waals surface area contributed by atoms with Gasteiger partial charge in [-0.15, -0.1) is 0 Å². The zero-order chi connectivity index (χ0) is 19.0. The second-order valence-electron chi connectivity index (χ2n) is 7.42. The minimum absolute atomic E-state index is 0. The molecule has 0 bridgehead atoms. The van der Waals surface area contributed by atoms with Gasteiger partial charge >= 0.3 is 5.78 Å². The van der Waals surface area contributed by atoms with Crippen molar-refractivity contribution in [1.82, 2.24) is 14.4 Å². The van der Waals surface area contributed by atoms with E-state index in [9.17, 15) is 4.79 Å². The van der Waals surface area contributed by atoms with Crippen LogP contribution in [0.25, 0.3) is 17.2 Å². The molecule has 1 fully saturated rings. The molecule has 7 heteroatoms. The molecule has 0 amide bonds. The molecule has 3 heterocycles. The quantitative estimate of drug-likeness (QED) is 0.659. The maximum Gasteiger partial charge on any atom is 0.413 e. The van der Waals surface area contributed by atoms with Crippen LogP contribution in [0.2, 0.25) is 0 Å². The Labute approximate surface area is 171 Å². The summed E-state index contributed by atoms with van der Waals surface area (Å²) in [6.07, 6.45) is 7.83. The van der Waals surface area contributed by atoms with Gasteiger partial charge in [0.2, 0.25) is 5.82 Å². The second kappa shape index (κ2) is 8.27. The average Bonchev–Trinajstić information content (AvgIpc) is 2.97. The molecule has 0 unspecified atom stereocenters. The number of nitrogens with zero attached hydrogens (tertiary/aromatic N) is 4. The highest BCUT2D eigenvalue weighted by molar-refractivity contribution is 5.77. The van der Waals surface area contributed by atoms with Crippen LogP contribution in [0.3, 0.4) is 0 Å². The molecule has 6 nitrogen and oxygen atoms in total. The fourth-order valence-corrected chi connectivity index (χ4v) is 4.11. The third-order valence-corrected chi connectivity index (χ3v) is 5.29. The van der Waals surface area contributed by atoms with Crippen molar-refractivity contribution < 1.29 is 21.8 Å². The lowest BCUT2D eigenvalue weighted by molar-refractivity contribution is -0.534. The summed E-state index contributed by atoms with van der Waals surface area (Å²) < 4.78 is 3.75. The minimum Gasteiger partial charge on any atom is -1.00 e. The van der Waals surface area contributed by atoms with Gasteiger partial charge in [-0.2, -0.15) is 8.97 Å². The second-order valence-corrected chi connectivity index (χ2v) is 7.42. The predicted octanol–water partition coefficient (Wildman–Crippen LogP) is 0.709. The number of imidazole rings is 1. The van der Waals surface area contributed by atoms with Crippen LogP contribution in [0.15, 0.2) is 30.5 Å². The SMILES string of the molecule is CC(=O)[n+]1c(-c2ccccn2)c(NC2CCCCC2)n2c(C)cc(C)nc21.[Cl-]. The van der Waals surface area contributed by atoms with Crippen LogP contribution in [0.5, 0.6) is 0 Å². The van der Waals surface area contributed by atoms with Gasteiger partial charge in [0.1, 0.15) is 11.4 Å². The van der Waals surface area contributed by atoms with E-state index in [2.05, 4.69) is 21.6 Å². The molecule has 0 atom stereocenters. The van der Waals surface area contributed by atoms with Crippen molar-refractivity contribution in [2.24, 2.45) is 0 Å². The van der Waals surface area contributed by atoms with Gasteiger partial charge in [-0.05, 0) is 38.8 Å². The van der Waals surface area contributed by atoms with E-state index in [0.717, 1.165) is 41.4 Å². The lowest BCUT2D eigenvalue weighted by atomic mass is 9.95. The normalized spacial score (nSPS) is 14.7. The maximum absolute atomic E-state index is 12.6. The Balaban J connectivity index is 0.00000225. The smallest absolute Gasteiger partial charge is 0.413 e. The monoisotopic (exact) mass is 399 g/mol. The number of anilines is 1. The molecule has 3 aromatic rings. The first kappa shape index (κ1) is 20.3. The van der Waals surface area contributed by atoms with Crippen molar-refractivity contribution in [2.75, 3.05) is 5.32 Å². The maximum atomic E-state index is 12.6. The summed E-state index contributed by atoms with van der Waals surface area (Å²) in [4.78, 5) is 21.9. The molecule has 3 aromatic heterocycles. The Morgan fingerprint density at radius 2 is 1.96 bits per heavy atom. The first-order chi connectivity index (χ1) is 13.1. The summed E-state index contributed by atoms with van der Waals surface area (Å²) in [6, 6.07) is 8.24. The van der Waals surface area contributed by atoms with Gasteiger partial charge in [-0.3, -0.25) is 9.78 Å². The largest absolute Gasteiger partial charge is 1.00 e. The lowest BCUT2D eigenvalue weighted by Crippen LogP contribution is -3.00. The molecule has 1 aliphatic rings. The number of carbonyl (C=O) groups is 1. The van der Waals surface area contributed by atoms with Crippen molar-refractivity contribution in [3.05, 3.63) is 41.9 Å². The van der Waals surface area contributed by atoms with Gasteiger partial charge in [-0.1, -0.05) is 30.3 Å². The number of fused-ring (bicyclic) bond motifs is 1. The van der Waals surface area contributed by atoms with Crippen LogP contribution in [0.1, 0.15) is 55.2 Å². The van der Waals surface area contributed by atoms with Gasteiger partial charge in [0, 0.05) is 25.2 Å². The van der Waals surface area contributed by atoms with Crippen LogP contribution in [-0.4, -0.2) is 26.3 Å². The van der Waals surface area contributed by atoms with Crippen molar-refractivity contribution >= 4 is 17.5 Å². The topological polar surface area (TPSA) is 63.2 Å². The van der Waals surface area contributed by atoms with Crippen LogP contribution >= 0.6 is 0 Å². The molecule has 148 valence electrons. The van der Waals surface area contributed by atoms with E-state index >= 15 is 0 Å². The Morgan fingerprint density at radius 3 is 2.61 bits per heavy atom. The highest BCUT2D eigenvalue weighted by Crippen LogP contribution is 2.30. The Morgan fingerprint density at radius 1 is 1.21 bits per heavy atom. The van der Waals surface area contributed by atoms with Crippen molar-refractivity contribution in [3.63, 3.8) is 0 Å². The van der Waals surface area contributed by atoms with E-state index in [-0.39, 0.29) is 18.3 Å². The van der Waals surface area contributed by atoms with Gasteiger partial charge < -0.3 is 17.7 Å². The van der Waals surface area contributed by atoms with Crippen LogP contribution in [0, 0.1) is 13.8 Å². The number of hydrogen-bond donors (Lipinski definition) is 1. The summed E-state index contributed by atoms with van der Waals surface area (Å²) in [6.45, 7) is 5.59. The van der Waals surface area contributed by atoms with Crippen LogP contribution in [0.4, 0.5) is 5.82 Å². The number of halogens is 1. The van der Waals surface area contributed by atoms with E-state index in [1.165, 1.54) is 19.3 Å². The first-order valence-electron chi connectivity index (χ1n) is 9.70. The molecule has 0 saturated heterocycles. The van der Waals surface area contributed by atoms with Gasteiger partial charge in [-0.25, -0.2) is 0 Å². The first-order valence-corrected chi connectivity index (χ1v) is 9.70. The number of aryl methyl sites for hydroxylation is 2. The van der Waals surface area contributed by atoms with Crippen molar-refractivity contribution in [1.29, 1.82) is 0 Å². The lowest BCUT2D eigenvalue weighted by Gasteiger charge is -2.23. The highest BCUT2D eigenvalue weighted by Gasteiger charge is 2.33. The summed E-state index contributed by atoms with van der Waals surface area (Å²) in [5, 5.41) is 3.74. The molecule has 0 aromatic carbocycles. The fourth-order valence-electron chi connectivity index (χ4n) is 4.11. The molecule has 0 spiro atoms. The van der Waals surface area contributed by atoms with Crippen molar-refractivity contribution in [3.8, 4) is 11.4 Å². The minimum atomic E-state index is -0.0673. The highest BCUT2D eigenvalue weighted by atomic mass is 35.5. The molecule has 1 N–H and O–H groups in total. The predicted molar refractivity (Wildman–Crippen MR) is 105 cm³/mol. The van der Waals surface area contributed by atoms with Gasteiger partial charge in [0.25, 0.3) is 5.91 Å². The zero-order valence-electron chi connectivity index (χ0n) is 16.6. The third kappa shape index (κ3) is 3.61. The van der Waals surface area contributed by atoms with Gasteiger partial charge in [0.05, 0.1) is 5.69 Å². The number of hydrogen-bond acceptors (Lipinski definition) is 4. The van der Waals surface area contributed by atoms with Crippen LogP contribution in [-0.2, 0) is 0 Å². The molecule has 28 heavy (non-hydrogen) atoms. The van der Waals surface area contributed by atoms with Gasteiger partial charge in [0.15, 0.2) is 5.69 Å². The molecule has 0 radical (unpaired) electrons. The fraction of sp³-hybridized carbons (Fsp3) is 0.429. The Kier molecular flexibility index (Phi) is 5.98. The zero-order valence-corrected chi connectivity index (χ0v) is 17.3. The van der Waals surface area contributed by atoms with E-state index < -0.39 is 0 Å². The number of aromatic nitrogens is 4. The van der Waals surface area contributed by atoms with E-state index in [1.807, 2.05) is 31.2 Å². The summed E-state index contributed by atoms with van der Waals surface area (Å²) >= 11 is 0. The molecular formula is C21H26ClN5O. The van der Waals surface area contributed by atoms with Crippen molar-refractivity contribution in [2.45, 2.75) is 58.9 Å². The summed E-state index contributed by atoms with van der Waals surface area (Å²) in [5.41, 5.74) is 3.50. The Bertz CT molecular complexity index is 993. The molecular weight excluding hydrogens is 374 g/mol. The average molecular weight is 400 g/mol. The number of nitrogens with one attached hydrogen (secondary N) is 1. The number of carbonyl (C=O) groups excluding carboxylic acids is 1. The van der Waals surface area contributed by atoms with E-state index in [0.29, 0.717) is 11.8 Å². The van der Waals surface area contributed by atoms with E-state index in [1.54, 1.807) is 17.7 Å². The van der Waals surface area contributed by atoms with Crippen LogP contribution < -0.4 is 22.3 Å². The molecule has 1 aliphatic carbocycles. The summed E-state index contributed by atoms with van der Waals surface area (Å²) in [5.74, 6) is 1.48. The van der Waals surface area contributed by atoms with E-state index in [4.69, 9.17) is 4.98 Å².